The first-order chi connectivity index (χ1) is 12.5. The van der Waals surface area contributed by atoms with E-state index in [2.05, 4.69) is 22.2 Å². The normalized spacial score (nSPS) is 17.1. The van der Waals surface area contributed by atoms with Crippen LogP contribution >= 0.6 is 11.6 Å². The predicted octanol–water partition coefficient (Wildman–Crippen LogP) is 4.06. The number of ether oxygens (including phenoxy) is 1. The van der Waals surface area contributed by atoms with Gasteiger partial charge in [0.1, 0.15) is 5.75 Å². The van der Waals surface area contributed by atoms with Crippen molar-refractivity contribution in [1.29, 1.82) is 0 Å². The topological polar surface area (TPSA) is 67.3 Å². The minimum atomic E-state index is -0.0111. The van der Waals surface area contributed by atoms with E-state index >= 15 is 0 Å². The van der Waals surface area contributed by atoms with E-state index in [-0.39, 0.29) is 5.91 Å². The number of aryl methyl sites for hydroxylation is 1. The number of piperidine rings is 1. The molecule has 7 heteroatoms. The first kappa shape index (κ1) is 18.5. The largest absolute Gasteiger partial charge is 0.495 e. The molecule has 6 nitrogen and oxygen atoms in total. The molecular formula is C19H23ClN4O2. The minimum absolute atomic E-state index is 0.0111. The average Bonchev–Trinajstić information content (AvgIpc) is 2.64. The van der Waals surface area contributed by atoms with E-state index in [1.807, 2.05) is 17.9 Å². The van der Waals surface area contributed by atoms with Gasteiger partial charge in [-0.25, -0.2) is 9.97 Å². The molecule has 1 fully saturated rings. The number of likely N-dealkylation sites (tertiary alicyclic amines) is 1. The molecule has 0 spiro atoms. The van der Waals surface area contributed by atoms with Crippen molar-refractivity contribution >= 4 is 29.1 Å². The second-order valence-electron chi connectivity index (χ2n) is 6.72. The van der Waals surface area contributed by atoms with Crippen LogP contribution in [0.2, 0.25) is 5.02 Å². The number of methoxy groups -OCH3 is 1. The molecule has 1 amide bonds. The summed E-state index contributed by atoms with van der Waals surface area (Å²) in [5, 5.41) is 3.74. The number of hydrogen-bond acceptors (Lipinski definition) is 5. The van der Waals surface area contributed by atoms with Crippen LogP contribution in [0.25, 0.3) is 0 Å². The maximum absolute atomic E-state index is 12.6. The molecule has 1 atom stereocenters. The summed E-state index contributed by atoms with van der Waals surface area (Å²) in [5.74, 6) is 1.53. The number of aromatic nitrogens is 2. The maximum atomic E-state index is 12.6. The lowest BCUT2D eigenvalue weighted by atomic mass is 10.00. The van der Waals surface area contributed by atoms with Gasteiger partial charge in [-0.1, -0.05) is 18.5 Å². The molecule has 1 aliphatic heterocycles. The Hall–Kier alpha value is -2.34. The van der Waals surface area contributed by atoms with Crippen LogP contribution in [0.4, 0.5) is 11.6 Å². The summed E-state index contributed by atoms with van der Waals surface area (Å²) >= 11 is 6.13. The Morgan fingerprint density at radius 2 is 2.08 bits per heavy atom. The highest BCUT2D eigenvalue weighted by atomic mass is 35.5. The number of carbonyl (C=O) groups is 1. The molecule has 0 aliphatic carbocycles. The zero-order chi connectivity index (χ0) is 18.7. The number of nitrogens with zero attached hydrogens (tertiary/aromatic N) is 3. The van der Waals surface area contributed by atoms with E-state index in [9.17, 15) is 4.79 Å². The zero-order valence-electron chi connectivity index (χ0n) is 15.3. The van der Waals surface area contributed by atoms with Crippen LogP contribution in [0, 0.1) is 12.8 Å². The first-order valence-electron chi connectivity index (χ1n) is 8.70. The number of rotatable bonds is 4. The van der Waals surface area contributed by atoms with Gasteiger partial charge in [0.2, 0.25) is 5.95 Å². The summed E-state index contributed by atoms with van der Waals surface area (Å²) in [5.41, 5.74) is 2.14. The van der Waals surface area contributed by atoms with E-state index < -0.39 is 0 Å². The van der Waals surface area contributed by atoms with Crippen LogP contribution < -0.4 is 10.1 Å². The molecule has 1 aromatic heterocycles. The van der Waals surface area contributed by atoms with E-state index in [1.165, 1.54) is 6.42 Å². The van der Waals surface area contributed by atoms with Gasteiger partial charge in [-0.2, -0.15) is 0 Å². The van der Waals surface area contributed by atoms with Crippen molar-refractivity contribution in [3.63, 3.8) is 0 Å². The standard InChI is InChI=1S/C19H23ClN4O2/c1-12-5-4-6-24(11-12)18(25)14-9-21-19(22-10-14)23-16-7-13(2)15(20)8-17(16)26-3/h7-10,12H,4-6,11H2,1-3H3,(H,21,22,23). The van der Waals surface area contributed by atoms with Crippen molar-refractivity contribution in [2.75, 3.05) is 25.5 Å². The summed E-state index contributed by atoms with van der Waals surface area (Å²) in [7, 11) is 1.58. The van der Waals surface area contributed by atoms with Crippen molar-refractivity contribution in [2.45, 2.75) is 26.7 Å². The molecule has 1 N–H and O–H groups in total. The van der Waals surface area contributed by atoms with E-state index in [4.69, 9.17) is 16.3 Å². The molecule has 2 heterocycles. The predicted molar refractivity (Wildman–Crippen MR) is 102 cm³/mol. The number of benzene rings is 1. The fourth-order valence-corrected chi connectivity index (χ4v) is 3.26. The van der Waals surface area contributed by atoms with Crippen LogP contribution in [0.3, 0.4) is 0 Å². The van der Waals surface area contributed by atoms with E-state index in [0.29, 0.717) is 28.2 Å². The fourth-order valence-electron chi connectivity index (χ4n) is 3.11. The SMILES string of the molecule is COc1cc(Cl)c(C)cc1Nc1ncc(C(=O)N2CCCC(C)C2)cn1. The van der Waals surface area contributed by atoms with Gasteiger partial charge in [-0.15, -0.1) is 0 Å². The second kappa shape index (κ2) is 7.91. The Bertz CT molecular complexity index is 795. The quantitative estimate of drug-likeness (QED) is 0.873. The lowest BCUT2D eigenvalue weighted by Gasteiger charge is -2.30. The molecule has 2 aromatic rings. The fraction of sp³-hybridized carbons (Fsp3) is 0.421. The van der Waals surface area contributed by atoms with Gasteiger partial charge >= 0.3 is 0 Å². The summed E-state index contributed by atoms with van der Waals surface area (Å²) in [6.07, 6.45) is 5.34. The zero-order valence-corrected chi connectivity index (χ0v) is 16.0. The Morgan fingerprint density at radius 1 is 1.35 bits per heavy atom. The van der Waals surface area contributed by atoms with Crippen molar-refractivity contribution in [1.82, 2.24) is 14.9 Å². The van der Waals surface area contributed by atoms with E-state index in [1.54, 1.807) is 25.6 Å². The highest BCUT2D eigenvalue weighted by Crippen LogP contribution is 2.32. The van der Waals surface area contributed by atoms with Gasteiger partial charge < -0.3 is 15.0 Å². The molecule has 26 heavy (non-hydrogen) atoms. The molecule has 1 aliphatic rings. The highest BCUT2D eigenvalue weighted by molar-refractivity contribution is 6.31. The van der Waals surface area contributed by atoms with Crippen molar-refractivity contribution < 1.29 is 9.53 Å². The summed E-state index contributed by atoms with van der Waals surface area (Å²) in [4.78, 5) is 23.0. The molecule has 0 saturated carbocycles. The lowest BCUT2D eigenvalue weighted by Crippen LogP contribution is -2.39. The number of amides is 1. The number of nitrogens with one attached hydrogen (secondary N) is 1. The first-order valence-corrected chi connectivity index (χ1v) is 9.08. The van der Waals surface area contributed by atoms with E-state index in [0.717, 1.165) is 30.8 Å². The third kappa shape index (κ3) is 4.07. The van der Waals surface area contributed by atoms with Crippen molar-refractivity contribution in [3.8, 4) is 5.75 Å². The Kier molecular flexibility index (Phi) is 5.61. The summed E-state index contributed by atoms with van der Waals surface area (Å²) in [6, 6.07) is 3.62. The molecule has 0 radical (unpaired) electrons. The smallest absolute Gasteiger partial charge is 0.257 e. The third-order valence-corrected chi connectivity index (χ3v) is 4.98. The van der Waals surface area contributed by atoms with Crippen LogP contribution in [-0.2, 0) is 0 Å². The average molecular weight is 375 g/mol. The minimum Gasteiger partial charge on any atom is -0.495 e. The Balaban J connectivity index is 1.74. The lowest BCUT2D eigenvalue weighted by molar-refractivity contribution is 0.0682. The third-order valence-electron chi connectivity index (χ3n) is 4.57. The summed E-state index contributed by atoms with van der Waals surface area (Å²) < 4.78 is 5.34. The Labute approximate surface area is 158 Å². The van der Waals surface area contributed by atoms with Crippen molar-refractivity contribution in [2.24, 2.45) is 5.92 Å². The number of anilines is 2. The number of halogens is 1. The van der Waals surface area contributed by atoms with Gasteiger partial charge in [0.25, 0.3) is 5.91 Å². The van der Waals surface area contributed by atoms with Crippen LogP contribution in [0.15, 0.2) is 24.5 Å². The highest BCUT2D eigenvalue weighted by Gasteiger charge is 2.22. The molecule has 0 bridgehead atoms. The molecule has 1 unspecified atom stereocenters. The molecular weight excluding hydrogens is 352 g/mol. The van der Waals surface area contributed by atoms with Crippen molar-refractivity contribution in [3.05, 3.63) is 40.7 Å². The van der Waals surface area contributed by atoms with Gasteiger partial charge in [0.15, 0.2) is 0 Å². The summed E-state index contributed by atoms with van der Waals surface area (Å²) in [6.45, 7) is 5.67. The Morgan fingerprint density at radius 3 is 2.73 bits per heavy atom. The van der Waals surface area contributed by atoms with Crippen LogP contribution in [0.5, 0.6) is 5.75 Å². The van der Waals surface area contributed by atoms with Crippen LogP contribution in [-0.4, -0.2) is 41.0 Å². The molecule has 1 aromatic carbocycles. The maximum Gasteiger partial charge on any atom is 0.257 e. The monoisotopic (exact) mass is 374 g/mol. The van der Waals surface area contributed by atoms with Gasteiger partial charge in [0.05, 0.1) is 18.4 Å². The molecule has 1 saturated heterocycles. The molecule has 138 valence electrons. The van der Waals surface area contributed by atoms with Gasteiger partial charge in [-0.05, 0) is 37.3 Å². The van der Waals surface area contributed by atoms with Gasteiger partial charge in [-0.3, -0.25) is 4.79 Å². The van der Waals surface area contributed by atoms with Crippen LogP contribution in [0.1, 0.15) is 35.7 Å². The molecule has 3 rings (SSSR count). The van der Waals surface area contributed by atoms with Gasteiger partial charge in [0, 0.05) is 36.6 Å². The number of carbonyl (C=O) groups excluding carboxylic acids is 1. The second-order valence-corrected chi connectivity index (χ2v) is 7.13. The number of hydrogen-bond donors (Lipinski definition) is 1.